The fraction of sp³-hybridized carbons (Fsp3) is 0.500. The Bertz CT molecular complexity index is 288. The Morgan fingerprint density at radius 1 is 1.62 bits per heavy atom. The molecule has 0 bridgehead atoms. The zero-order valence-corrected chi connectivity index (χ0v) is 8.61. The van der Waals surface area contributed by atoms with Gasteiger partial charge in [0.15, 0.2) is 0 Å². The van der Waals surface area contributed by atoms with Gasteiger partial charge in [0.1, 0.15) is 5.82 Å². The van der Waals surface area contributed by atoms with Gasteiger partial charge in [-0.15, -0.1) is 0 Å². The largest absolute Gasteiger partial charge is 0.256 e. The molecule has 0 saturated carbocycles. The molecule has 0 aliphatic carbocycles. The zero-order chi connectivity index (χ0) is 9.84. The lowest BCUT2D eigenvalue weighted by molar-refractivity contribution is 0.606. The van der Waals surface area contributed by atoms with E-state index in [0.717, 1.165) is 18.5 Å². The first-order chi connectivity index (χ1) is 6.15. The van der Waals surface area contributed by atoms with Gasteiger partial charge in [0.25, 0.3) is 0 Å². The summed E-state index contributed by atoms with van der Waals surface area (Å²) in [5.74, 6) is -0.0736. The molecule has 1 nitrogen and oxygen atoms in total. The van der Waals surface area contributed by atoms with Crippen LogP contribution in [0.15, 0.2) is 12.3 Å². The van der Waals surface area contributed by atoms with Gasteiger partial charge in [0.05, 0.1) is 16.9 Å². The number of rotatable bonds is 3. The molecule has 1 aromatic heterocycles. The van der Waals surface area contributed by atoms with Crippen molar-refractivity contribution < 1.29 is 4.39 Å². The Balaban J connectivity index is 2.88. The van der Waals surface area contributed by atoms with Crippen molar-refractivity contribution in [3.8, 4) is 0 Å². The van der Waals surface area contributed by atoms with Gasteiger partial charge < -0.3 is 0 Å². The SMILES string of the molecule is CCCC(C)c1ncc(F)cc1Cl. The molecular weight excluding hydrogens is 189 g/mol. The van der Waals surface area contributed by atoms with E-state index in [-0.39, 0.29) is 5.82 Å². The van der Waals surface area contributed by atoms with Crippen molar-refractivity contribution in [2.24, 2.45) is 0 Å². The molecule has 3 heteroatoms. The zero-order valence-electron chi connectivity index (χ0n) is 7.85. The normalized spacial score (nSPS) is 12.9. The minimum atomic E-state index is -0.377. The lowest BCUT2D eigenvalue weighted by Gasteiger charge is -2.10. The van der Waals surface area contributed by atoms with E-state index in [9.17, 15) is 4.39 Å². The van der Waals surface area contributed by atoms with Crippen molar-refractivity contribution >= 4 is 11.6 Å². The maximum atomic E-state index is 12.6. The highest BCUT2D eigenvalue weighted by Gasteiger charge is 2.10. The molecule has 0 saturated heterocycles. The van der Waals surface area contributed by atoms with Gasteiger partial charge in [-0.05, 0) is 18.4 Å². The Morgan fingerprint density at radius 2 is 2.31 bits per heavy atom. The van der Waals surface area contributed by atoms with Gasteiger partial charge in [-0.1, -0.05) is 31.9 Å². The van der Waals surface area contributed by atoms with Gasteiger partial charge >= 0.3 is 0 Å². The third kappa shape index (κ3) is 2.66. The van der Waals surface area contributed by atoms with Crippen molar-refractivity contribution in [2.75, 3.05) is 0 Å². The number of hydrogen-bond acceptors (Lipinski definition) is 1. The second-order valence-corrected chi connectivity index (χ2v) is 3.62. The molecule has 1 unspecified atom stereocenters. The van der Waals surface area contributed by atoms with Crippen molar-refractivity contribution in [1.82, 2.24) is 4.98 Å². The highest BCUT2D eigenvalue weighted by atomic mass is 35.5. The number of pyridine rings is 1. The monoisotopic (exact) mass is 201 g/mol. The predicted octanol–water partition coefficient (Wildman–Crippen LogP) is 3.78. The topological polar surface area (TPSA) is 12.9 Å². The predicted molar refractivity (Wildman–Crippen MR) is 52.5 cm³/mol. The summed E-state index contributed by atoms with van der Waals surface area (Å²) in [6.07, 6.45) is 3.32. The molecule has 0 N–H and O–H groups in total. The minimum Gasteiger partial charge on any atom is -0.256 e. The van der Waals surface area contributed by atoms with Crippen LogP contribution in [0.4, 0.5) is 4.39 Å². The summed E-state index contributed by atoms with van der Waals surface area (Å²) in [6.45, 7) is 4.16. The van der Waals surface area contributed by atoms with E-state index in [1.54, 1.807) is 0 Å². The lowest BCUT2D eigenvalue weighted by Crippen LogP contribution is -1.98. The number of aromatic nitrogens is 1. The van der Waals surface area contributed by atoms with Crippen LogP contribution in [0.1, 0.15) is 38.3 Å². The third-order valence-electron chi connectivity index (χ3n) is 2.02. The van der Waals surface area contributed by atoms with Crippen molar-refractivity contribution in [3.63, 3.8) is 0 Å². The summed E-state index contributed by atoms with van der Waals surface area (Å²) in [5, 5.41) is 0.431. The van der Waals surface area contributed by atoms with E-state index in [0.29, 0.717) is 10.9 Å². The first kappa shape index (κ1) is 10.5. The summed E-state index contributed by atoms with van der Waals surface area (Å²) in [6, 6.07) is 1.32. The Hall–Kier alpha value is -0.630. The van der Waals surface area contributed by atoms with Crippen molar-refractivity contribution in [1.29, 1.82) is 0 Å². The van der Waals surface area contributed by atoms with Crippen LogP contribution in [0.2, 0.25) is 5.02 Å². The van der Waals surface area contributed by atoms with Crippen LogP contribution >= 0.6 is 11.6 Å². The van der Waals surface area contributed by atoms with Crippen LogP contribution in [0.5, 0.6) is 0 Å². The van der Waals surface area contributed by atoms with E-state index < -0.39 is 0 Å². The van der Waals surface area contributed by atoms with Gasteiger partial charge in [-0.2, -0.15) is 0 Å². The summed E-state index contributed by atoms with van der Waals surface area (Å²) in [7, 11) is 0. The molecule has 1 heterocycles. The Morgan fingerprint density at radius 3 is 2.85 bits per heavy atom. The molecule has 13 heavy (non-hydrogen) atoms. The summed E-state index contributed by atoms with van der Waals surface area (Å²) < 4.78 is 12.6. The van der Waals surface area contributed by atoms with Crippen LogP contribution in [0.25, 0.3) is 0 Å². The van der Waals surface area contributed by atoms with Crippen LogP contribution in [0, 0.1) is 5.82 Å². The van der Waals surface area contributed by atoms with Crippen molar-refractivity contribution in [3.05, 3.63) is 28.8 Å². The molecule has 72 valence electrons. The molecule has 0 aromatic carbocycles. The molecule has 0 amide bonds. The number of halogens is 2. The highest BCUT2D eigenvalue weighted by Crippen LogP contribution is 2.25. The first-order valence-electron chi connectivity index (χ1n) is 4.46. The summed E-state index contributed by atoms with van der Waals surface area (Å²) in [4.78, 5) is 3.99. The van der Waals surface area contributed by atoms with E-state index in [1.165, 1.54) is 12.3 Å². The summed E-state index contributed by atoms with van der Waals surface area (Å²) >= 11 is 5.86. The Labute approximate surface area is 82.9 Å². The van der Waals surface area contributed by atoms with Gasteiger partial charge in [-0.3, -0.25) is 4.98 Å². The third-order valence-corrected chi connectivity index (χ3v) is 2.33. The molecule has 0 fully saturated rings. The van der Waals surface area contributed by atoms with Crippen molar-refractivity contribution in [2.45, 2.75) is 32.6 Å². The van der Waals surface area contributed by atoms with Crippen LogP contribution in [0.3, 0.4) is 0 Å². The van der Waals surface area contributed by atoms with Gasteiger partial charge in [-0.25, -0.2) is 4.39 Å². The fourth-order valence-corrected chi connectivity index (χ4v) is 1.70. The number of nitrogens with zero attached hydrogens (tertiary/aromatic N) is 1. The van der Waals surface area contributed by atoms with Crippen LogP contribution in [-0.2, 0) is 0 Å². The quantitative estimate of drug-likeness (QED) is 0.726. The van der Waals surface area contributed by atoms with Gasteiger partial charge in [0, 0.05) is 0 Å². The number of hydrogen-bond donors (Lipinski definition) is 0. The second-order valence-electron chi connectivity index (χ2n) is 3.21. The molecule has 1 aromatic rings. The minimum absolute atomic E-state index is 0.304. The molecule has 1 rings (SSSR count). The molecule has 0 spiro atoms. The Kier molecular flexibility index (Phi) is 3.67. The van der Waals surface area contributed by atoms with Crippen LogP contribution < -0.4 is 0 Å². The van der Waals surface area contributed by atoms with E-state index in [1.807, 2.05) is 0 Å². The van der Waals surface area contributed by atoms with Gasteiger partial charge in [0.2, 0.25) is 0 Å². The maximum Gasteiger partial charge on any atom is 0.142 e. The molecule has 1 atom stereocenters. The standard InChI is InChI=1S/C10H13ClFN/c1-3-4-7(2)10-9(11)5-8(12)6-13-10/h5-7H,3-4H2,1-2H3. The fourth-order valence-electron chi connectivity index (χ4n) is 1.36. The second kappa shape index (κ2) is 4.56. The van der Waals surface area contributed by atoms with E-state index >= 15 is 0 Å². The summed E-state index contributed by atoms with van der Waals surface area (Å²) in [5.41, 5.74) is 0.796. The van der Waals surface area contributed by atoms with E-state index in [2.05, 4.69) is 18.8 Å². The first-order valence-corrected chi connectivity index (χ1v) is 4.84. The highest BCUT2D eigenvalue weighted by molar-refractivity contribution is 6.31. The lowest BCUT2D eigenvalue weighted by atomic mass is 10.0. The van der Waals surface area contributed by atoms with Crippen LogP contribution in [-0.4, -0.2) is 4.98 Å². The molecule has 0 aliphatic rings. The molecule has 0 radical (unpaired) electrons. The molecule has 0 aliphatic heterocycles. The average molecular weight is 202 g/mol. The maximum absolute atomic E-state index is 12.6. The average Bonchev–Trinajstić information content (AvgIpc) is 2.04. The van der Waals surface area contributed by atoms with E-state index in [4.69, 9.17) is 11.6 Å². The smallest absolute Gasteiger partial charge is 0.142 e. The molecular formula is C10H13ClFN.